The molecule has 82 valence electrons. The van der Waals surface area contributed by atoms with Crippen molar-refractivity contribution < 1.29 is 0 Å². The molecule has 0 saturated carbocycles. The molecule has 0 fully saturated rings. The smallest absolute Gasteiger partial charge is 0.159 e. The molecule has 1 aromatic carbocycles. The van der Waals surface area contributed by atoms with Gasteiger partial charge in [-0.3, -0.25) is 0 Å². The van der Waals surface area contributed by atoms with Gasteiger partial charge in [0.15, 0.2) is 5.15 Å². The summed E-state index contributed by atoms with van der Waals surface area (Å²) >= 11 is 6.01. The first kappa shape index (κ1) is 10.9. The summed E-state index contributed by atoms with van der Waals surface area (Å²) in [6, 6.07) is 7.90. The van der Waals surface area contributed by atoms with Gasteiger partial charge in [0.2, 0.25) is 0 Å². The topological polar surface area (TPSA) is 51.8 Å². The third kappa shape index (κ3) is 1.99. The van der Waals surface area contributed by atoms with Crippen LogP contribution in [0.15, 0.2) is 24.3 Å². The van der Waals surface area contributed by atoms with Gasteiger partial charge in [0.1, 0.15) is 5.82 Å². The van der Waals surface area contributed by atoms with E-state index >= 15 is 0 Å². The van der Waals surface area contributed by atoms with E-state index in [0.717, 1.165) is 16.7 Å². The quantitative estimate of drug-likeness (QED) is 0.824. The van der Waals surface area contributed by atoms with E-state index in [2.05, 4.69) is 23.2 Å². The van der Waals surface area contributed by atoms with Crippen LogP contribution >= 0.6 is 11.6 Å². The van der Waals surface area contributed by atoms with Gasteiger partial charge in [-0.05, 0) is 31.0 Å². The van der Waals surface area contributed by atoms with Crippen molar-refractivity contribution in [2.75, 3.05) is 5.73 Å². The van der Waals surface area contributed by atoms with Crippen LogP contribution in [0.5, 0.6) is 0 Å². The number of rotatable bonds is 1. The molecule has 3 nitrogen and oxygen atoms in total. The predicted molar refractivity (Wildman–Crippen MR) is 66.4 cm³/mol. The molecule has 4 heteroatoms. The van der Waals surface area contributed by atoms with Crippen molar-refractivity contribution >= 4 is 17.4 Å². The van der Waals surface area contributed by atoms with Gasteiger partial charge < -0.3 is 5.73 Å². The standard InChI is InChI=1S/C12H12ClN3/c1-7-3-4-9(8(2)5-7)10-6-11(14)15-16-12(10)13/h3-6H,1-2H3,(H2,14,15). The number of halogens is 1. The zero-order valence-corrected chi connectivity index (χ0v) is 9.92. The number of aromatic nitrogens is 2. The van der Waals surface area contributed by atoms with Gasteiger partial charge in [-0.25, -0.2) is 0 Å². The van der Waals surface area contributed by atoms with Crippen LogP contribution in [0.4, 0.5) is 5.82 Å². The second-order valence-electron chi connectivity index (χ2n) is 3.79. The fraction of sp³-hybridized carbons (Fsp3) is 0.167. The van der Waals surface area contributed by atoms with Crippen molar-refractivity contribution in [2.24, 2.45) is 0 Å². The molecule has 2 N–H and O–H groups in total. The Morgan fingerprint density at radius 3 is 2.50 bits per heavy atom. The molecule has 0 saturated heterocycles. The first-order chi connectivity index (χ1) is 7.58. The van der Waals surface area contributed by atoms with Crippen LogP contribution in [-0.4, -0.2) is 10.2 Å². The first-order valence-corrected chi connectivity index (χ1v) is 5.32. The monoisotopic (exact) mass is 233 g/mol. The van der Waals surface area contributed by atoms with Crippen molar-refractivity contribution in [3.8, 4) is 11.1 Å². The van der Waals surface area contributed by atoms with Crippen LogP contribution in [-0.2, 0) is 0 Å². The first-order valence-electron chi connectivity index (χ1n) is 4.94. The molecule has 2 rings (SSSR count). The number of nitrogens with zero attached hydrogens (tertiary/aromatic N) is 2. The molecule has 0 aliphatic carbocycles. The number of aryl methyl sites for hydroxylation is 2. The van der Waals surface area contributed by atoms with E-state index in [0.29, 0.717) is 11.0 Å². The summed E-state index contributed by atoms with van der Waals surface area (Å²) in [7, 11) is 0. The molecule has 0 aliphatic rings. The van der Waals surface area contributed by atoms with E-state index < -0.39 is 0 Å². The molecular formula is C12H12ClN3. The zero-order valence-electron chi connectivity index (χ0n) is 9.16. The molecule has 0 spiro atoms. The average molecular weight is 234 g/mol. The predicted octanol–water partition coefficient (Wildman–Crippen LogP) is 3.00. The lowest BCUT2D eigenvalue weighted by atomic mass is 10.0. The summed E-state index contributed by atoms with van der Waals surface area (Å²) in [5, 5.41) is 7.89. The minimum absolute atomic E-state index is 0.374. The minimum atomic E-state index is 0.374. The van der Waals surface area contributed by atoms with Crippen LogP contribution in [0, 0.1) is 13.8 Å². The van der Waals surface area contributed by atoms with Crippen LogP contribution in [0.2, 0.25) is 5.15 Å². The van der Waals surface area contributed by atoms with E-state index in [9.17, 15) is 0 Å². The summed E-state index contributed by atoms with van der Waals surface area (Å²) < 4.78 is 0. The van der Waals surface area contributed by atoms with E-state index in [-0.39, 0.29) is 0 Å². The Labute approximate surface area is 99.3 Å². The second kappa shape index (κ2) is 4.10. The highest BCUT2D eigenvalue weighted by atomic mass is 35.5. The Morgan fingerprint density at radius 1 is 1.06 bits per heavy atom. The van der Waals surface area contributed by atoms with Crippen molar-refractivity contribution in [2.45, 2.75) is 13.8 Å². The van der Waals surface area contributed by atoms with Gasteiger partial charge in [0.25, 0.3) is 0 Å². The maximum atomic E-state index is 6.01. The van der Waals surface area contributed by atoms with E-state index in [4.69, 9.17) is 17.3 Å². The molecule has 0 unspecified atom stereocenters. The molecule has 0 atom stereocenters. The number of benzene rings is 1. The van der Waals surface area contributed by atoms with Crippen LogP contribution in [0.25, 0.3) is 11.1 Å². The Balaban J connectivity index is 2.62. The molecule has 16 heavy (non-hydrogen) atoms. The highest BCUT2D eigenvalue weighted by Crippen LogP contribution is 2.29. The van der Waals surface area contributed by atoms with Gasteiger partial charge in [0, 0.05) is 5.56 Å². The van der Waals surface area contributed by atoms with E-state index in [1.807, 2.05) is 19.1 Å². The van der Waals surface area contributed by atoms with Crippen LogP contribution in [0.3, 0.4) is 0 Å². The lowest BCUT2D eigenvalue weighted by molar-refractivity contribution is 1.04. The molecule has 0 radical (unpaired) electrons. The molecule has 2 aromatic rings. The highest BCUT2D eigenvalue weighted by molar-refractivity contribution is 6.32. The van der Waals surface area contributed by atoms with Crippen molar-refractivity contribution in [3.05, 3.63) is 40.5 Å². The number of hydrogen-bond acceptors (Lipinski definition) is 3. The fourth-order valence-corrected chi connectivity index (χ4v) is 1.89. The average Bonchev–Trinajstić information content (AvgIpc) is 2.22. The van der Waals surface area contributed by atoms with Gasteiger partial charge >= 0.3 is 0 Å². The van der Waals surface area contributed by atoms with Crippen molar-refractivity contribution in [3.63, 3.8) is 0 Å². The Morgan fingerprint density at radius 2 is 1.81 bits per heavy atom. The minimum Gasteiger partial charge on any atom is -0.382 e. The summed E-state index contributed by atoms with van der Waals surface area (Å²) in [4.78, 5) is 0. The summed E-state index contributed by atoms with van der Waals surface area (Å²) in [6.45, 7) is 4.09. The molecule has 0 aliphatic heterocycles. The molecular weight excluding hydrogens is 222 g/mol. The van der Waals surface area contributed by atoms with Gasteiger partial charge in [-0.1, -0.05) is 35.4 Å². The SMILES string of the molecule is Cc1ccc(-c2cc(N)nnc2Cl)c(C)c1. The third-order valence-corrected chi connectivity index (χ3v) is 2.72. The largest absolute Gasteiger partial charge is 0.382 e. The molecule has 1 heterocycles. The second-order valence-corrected chi connectivity index (χ2v) is 4.15. The van der Waals surface area contributed by atoms with Crippen LogP contribution in [0.1, 0.15) is 11.1 Å². The van der Waals surface area contributed by atoms with E-state index in [1.54, 1.807) is 6.07 Å². The third-order valence-electron chi connectivity index (χ3n) is 2.44. The maximum absolute atomic E-state index is 6.01. The zero-order chi connectivity index (χ0) is 11.7. The summed E-state index contributed by atoms with van der Waals surface area (Å²) in [5.74, 6) is 0.374. The van der Waals surface area contributed by atoms with Gasteiger partial charge in [-0.15, -0.1) is 10.2 Å². The Bertz CT molecular complexity index is 538. The van der Waals surface area contributed by atoms with Crippen molar-refractivity contribution in [1.82, 2.24) is 10.2 Å². The lowest BCUT2D eigenvalue weighted by Crippen LogP contribution is -1.96. The normalized spacial score (nSPS) is 10.4. The van der Waals surface area contributed by atoms with Crippen LogP contribution < -0.4 is 5.73 Å². The number of hydrogen-bond donors (Lipinski definition) is 1. The number of nitrogen functional groups attached to an aromatic ring is 1. The van der Waals surface area contributed by atoms with E-state index in [1.165, 1.54) is 5.56 Å². The highest BCUT2D eigenvalue weighted by Gasteiger charge is 2.08. The van der Waals surface area contributed by atoms with Gasteiger partial charge in [-0.2, -0.15) is 0 Å². The molecule has 0 amide bonds. The molecule has 0 bridgehead atoms. The summed E-state index contributed by atoms with van der Waals surface area (Å²) in [5.41, 5.74) is 9.84. The van der Waals surface area contributed by atoms with Crippen molar-refractivity contribution in [1.29, 1.82) is 0 Å². The maximum Gasteiger partial charge on any atom is 0.159 e. The summed E-state index contributed by atoms with van der Waals surface area (Å²) in [6.07, 6.45) is 0. The lowest BCUT2D eigenvalue weighted by Gasteiger charge is -2.08. The Kier molecular flexibility index (Phi) is 2.79. The van der Waals surface area contributed by atoms with Gasteiger partial charge in [0.05, 0.1) is 0 Å². The Hall–Kier alpha value is -1.61. The number of anilines is 1. The fourth-order valence-electron chi connectivity index (χ4n) is 1.70. The number of nitrogens with two attached hydrogens (primary N) is 1. The molecule has 1 aromatic heterocycles.